The van der Waals surface area contributed by atoms with Crippen molar-refractivity contribution in [3.63, 3.8) is 0 Å². The zero-order chi connectivity index (χ0) is 18.8. The summed E-state index contributed by atoms with van der Waals surface area (Å²) in [7, 11) is 0. The van der Waals surface area contributed by atoms with Crippen molar-refractivity contribution < 1.29 is 58.6 Å². The van der Waals surface area contributed by atoms with E-state index in [2.05, 4.69) is 5.32 Å². The molecule has 0 aliphatic carbocycles. The number of carboxylic acids is 1. The molecule has 1 N–H and O–H groups in total. The molecule has 2 amide bonds. The number of carboxylic acid groups (broad SMARTS) is 1. The van der Waals surface area contributed by atoms with Crippen molar-refractivity contribution in [1.82, 2.24) is 10.2 Å². The van der Waals surface area contributed by atoms with Gasteiger partial charge in [0.25, 0.3) is 5.91 Å². The van der Waals surface area contributed by atoms with Crippen LogP contribution >= 0.6 is 23.1 Å². The fourth-order valence-electron chi connectivity index (χ4n) is 2.77. The van der Waals surface area contributed by atoms with E-state index in [1.54, 1.807) is 0 Å². The van der Waals surface area contributed by atoms with Crippen molar-refractivity contribution in [1.29, 1.82) is 0 Å². The fourth-order valence-corrected chi connectivity index (χ4v) is 4.80. The molecule has 1 saturated heterocycles. The first-order valence-corrected chi connectivity index (χ1v) is 9.64. The first kappa shape index (κ1) is 22.0. The average Bonchev–Trinajstić information content (AvgIpc) is 3.09. The van der Waals surface area contributed by atoms with Crippen LogP contribution < -0.4 is 40.0 Å². The number of rotatable bonds is 6. The SMILES string of the molecule is CC(=O)OCC1=C(C(=O)[O-])N2C(=O)C(NC(=O)Cc3cccs3)[C@H]2SC1.[Na+]. The number of thiophene rings is 1. The number of esters is 1. The van der Waals surface area contributed by atoms with Crippen LogP contribution in [0, 0.1) is 0 Å². The molecule has 1 aromatic heterocycles. The Morgan fingerprint density at radius 1 is 1.41 bits per heavy atom. The summed E-state index contributed by atoms with van der Waals surface area (Å²) in [5.41, 5.74) is 0.0296. The smallest absolute Gasteiger partial charge is 0.543 e. The molecule has 138 valence electrons. The van der Waals surface area contributed by atoms with Crippen LogP contribution in [0.5, 0.6) is 0 Å². The number of hydrogen-bond donors (Lipinski definition) is 1. The Morgan fingerprint density at radius 2 is 2.15 bits per heavy atom. The fraction of sp³-hybridized carbons (Fsp3) is 0.375. The molecule has 3 heterocycles. The van der Waals surface area contributed by atoms with Gasteiger partial charge in [-0.15, -0.1) is 23.1 Å². The van der Waals surface area contributed by atoms with Gasteiger partial charge in [-0.05, 0) is 11.4 Å². The van der Waals surface area contributed by atoms with Crippen LogP contribution in [0.15, 0.2) is 28.8 Å². The number of carbonyl (C=O) groups excluding carboxylic acids is 4. The van der Waals surface area contributed by atoms with Gasteiger partial charge in [-0.1, -0.05) is 6.07 Å². The summed E-state index contributed by atoms with van der Waals surface area (Å²) >= 11 is 2.75. The minimum Gasteiger partial charge on any atom is -0.543 e. The van der Waals surface area contributed by atoms with E-state index in [0.29, 0.717) is 5.57 Å². The zero-order valence-corrected chi connectivity index (χ0v) is 18.4. The van der Waals surface area contributed by atoms with E-state index in [0.717, 1.165) is 9.78 Å². The van der Waals surface area contributed by atoms with Crippen LogP contribution in [0.1, 0.15) is 11.8 Å². The Morgan fingerprint density at radius 3 is 2.74 bits per heavy atom. The average molecular weight is 418 g/mol. The Labute approximate surface area is 185 Å². The van der Waals surface area contributed by atoms with Crippen LogP contribution in [0.3, 0.4) is 0 Å². The predicted molar refractivity (Wildman–Crippen MR) is 91.7 cm³/mol. The summed E-state index contributed by atoms with van der Waals surface area (Å²) in [6.45, 7) is 1.00. The van der Waals surface area contributed by atoms with Gasteiger partial charge in [0.05, 0.1) is 18.1 Å². The maximum Gasteiger partial charge on any atom is 1.00 e. The topological polar surface area (TPSA) is 116 Å². The summed E-state index contributed by atoms with van der Waals surface area (Å²) in [5, 5.41) is 15.5. The molecule has 2 aliphatic rings. The van der Waals surface area contributed by atoms with Gasteiger partial charge in [0.2, 0.25) is 5.91 Å². The largest absolute Gasteiger partial charge is 1.00 e. The van der Waals surface area contributed by atoms with Gasteiger partial charge in [0, 0.05) is 23.1 Å². The number of β-lactam (4-membered cyclic amide) rings is 1. The monoisotopic (exact) mass is 418 g/mol. The summed E-state index contributed by atoms with van der Waals surface area (Å²) in [5.74, 6) is -2.59. The van der Waals surface area contributed by atoms with E-state index in [-0.39, 0.29) is 59.9 Å². The van der Waals surface area contributed by atoms with Gasteiger partial charge in [0.1, 0.15) is 18.0 Å². The molecular formula is C16H15N2NaO6S2. The number of nitrogens with zero attached hydrogens (tertiary/aromatic N) is 1. The van der Waals surface area contributed by atoms with Gasteiger partial charge in [-0.3, -0.25) is 19.3 Å². The number of fused-ring (bicyclic) bond motifs is 1. The van der Waals surface area contributed by atoms with Crippen molar-refractivity contribution in [2.24, 2.45) is 0 Å². The third kappa shape index (κ3) is 4.75. The minimum absolute atomic E-state index is 0. The Hall–Kier alpha value is -1.33. The van der Waals surface area contributed by atoms with Crippen LogP contribution in [0.2, 0.25) is 0 Å². The molecule has 1 fully saturated rings. The quantitative estimate of drug-likeness (QED) is 0.287. The van der Waals surface area contributed by atoms with Gasteiger partial charge >= 0.3 is 35.5 Å². The molecule has 0 saturated carbocycles. The number of amides is 2. The van der Waals surface area contributed by atoms with E-state index in [1.165, 1.54) is 30.0 Å². The molecular weight excluding hydrogens is 403 g/mol. The summed E-state index contributed by atoms with van der Waals surface area (Å²) < 4.78 is 4.85. The second-order valence-corrected chi connectivity index (χ2v) is 7.87. The third-order valence-corrected chi connectivity index (χ3v) is 6.14. The molecule has 2 aliphatic heterocycles. The van der Waals surface area contributed by atoms with E-state index >= 15 is 0 Å². The molecule has 0 aromatic carbocycles. The summed E-state index contributed by atoms with van der Waals surface area (Å²) in [6.07, 6.45) is 0.166. The summed E-state index contributed by atoms with van der Waals surface area (Å²) in [4.78, 5) is 48.9. The standard InChI is InChI=1S/C16H16N2O6S2.Na/c1-8(19)24-6-9-7-26-15-12(14(21)18(15)13(9)16(22)23)17-11(20)5-10-3-2-4-25-10;/h2-4,12,15H,5-7H2,1H3,(H,17,20)(H,22,23);/q;+1/p-1/t12?,15-;/m1./s1. The second-order valence-electron chi connectivity index (χ2n) is 5.73. The van der Waals surface area contributed by atoms with Crippen molar-refractivity contribution in [2.45, 2.75) is 24.8 Å². The molecule has 27 heavy (non-hydrogen) atoms. The molecule has 3 rings (SSSR count). The van der Waals surface area contributed by atoms with Crippen molar-refractivity contribution in [3.05, 3.63) is 33.7 Å². The van der Waals surface area contributed by atoms with Gasteiger partial charge < -0.3 is 20.0 Å². The molecule has 0 bridgehead atoms. The number of ether oxygens (including phenoxy) is 1. The number of hydrogen-bond acceptors (Lipinski definition) is 8. The Kier molecular flexibility index (Phi) is 7.52. The van der Waals surface area contributed by atoms with E-state index < -0.39 is 29.3 Å². The molecule has 8 nitrogen and oxygen atoms in total. The first-order valence-electron chi connectivity index (χ1n) is 7.71. The van der Waals surface area contributed by atoms with Crippen molar-refractivity contribution in [3.8, 4) is 0 Å². The van der Waals surface area contributed by atoms with Gasteiger partial charge in [-0.2, -0.15) is 0 Å². The molecule has 1 aromatic rings. The Balaban J connectivity index is 0.00000261. The van der Waals surface area contributed by atoms with Crippen molar-refractivity contribution in [2.75, 3.05) is 12.4 Å². The number of thioether (sulfide) groups is 1. The second kappa shape index (κ2) is 9.24. The molecule has 1 unspecified atom stereocenters. The minimum atomic E-state index is -1.51. The number of carbonyl (C=O) groups is 4. The first-order chi connectivity index (χ1) is 12.4. The third-order valence-electron chi connectivity index (χ3n) is 3.92. The van der Waals surface area contributed by atoms with Gasteiger partial charge in [-0.25, -0.2) is 0 Å². The van der Waals surface area contributed by atoms with Crippen molar-refractivity contribution >= 4 is 46.9 Å². The Bertz CT molecular complexity index is 795. The van der Waals surface area contributed by atoms with Crippen LogP contribution in [0.25, 0.3) is 0 Å². The number of aliphatic carboxylic acids is 1. The van der Waals surface area contributed by atoms with Gasteiger partial charge in [0.15, 0.2) is 0 Å². The van der Waals surface area contributed by atoms with Crippen LogP contribution in [-0.4, -0.2) is 52.4 Å². The molecule has 0 radical (unpaired) electrons. The zero-order valence-electron chi connectivity index (χ0n) is 14.7. The molecule has 11 heteroatoms. The van der Waals surface area contributed by atoms with Crippen LogP contribution in [0.4, 0.5) is 0 Å². The predicted octanol–water partition coefficient (Wildman–Crippen LogP) is -3.74. The van der Waals surface area contributed by atoms with E-state index in [1.807, 2.05) is 17.5 Å². The normalized spacial score (nSPS) is 20.9. The molecule has 0 spiro atoms. The molecule has 2 atom stereocenters. The maximum atomic E-state index is 12.4. The maximum absolute atomic E-state index is 12.4. The van der Waals surface area contributed by atoms with E-state index in [9.17, 15) is 24.3 Å². The van der Waals surface area contributed by atoms with Crippen LogP contribution in [-0.2, 0) is 30.3 Å². The number of nitrogens with one attached hydrogen (secondary N) is 1. The van der Waals surface area contributed by atoms with E-state index in [4.69, 9.17) is 4.74 Å². The summed E-state index contributed by atoms with van der Waals surface area (Å²) in [6, 6.07) is 2.88.